The molecule has 0 aliphatic carbocycles. The van der Waals surface area contributed by atoms with Crippen molar-refractivity contribution >= 4 is 21.9 Å². The number of rotatable bonds is 4. The lowest BCUT2D eigenvalue weighted by Gasteiger charge is -2.11. The predicted molar refractivity (Wildman–Crippen MR) is 62.4 cm³/mol. The molecule has 0 spiro atoms. The van der Waals surface area contributed by atoms with Crippen LogP contribution in [0.15, 0.2) is 28.7 Å². The zero-order valence-corrected chi connectivity index (χ0v) is 10.3. The summed E-state index contributed by atoms with van der Waals surface area (Å²) in [4.78, 5) is 10.9. The molecule has 0 fully saturated rings. The van der Waals surface area contributed by atoms with E-state index in [1.165, 1.54) is 0 Å². The average molecular weight is 297 g/mol. The van der Waals surface area contributed by atoms with E-state index in [1.54, 1.807) is 0 Å². The summed E-state index contributed by atoms with van der Waals surface area (Å²) < 4.78 is 0.883. The van der Waals surface area contributed by atoms with Crippen molar-refractivity contribution in [3.8, 4) is 0 Å². The maximum atomic E-state index is 10.9. The van der Waals surface area contributed by atoms with Crippen LogP contribution in [0, 0.1) is 0 Å². The van der Waals surface area contributed by atoms with Gasteiger partial charge in [-0.1, -0.05) is 33.3 Å². The van der Waals surface area contributed by atoms with Gasteiger partial charge in [-0.3, -0.25) is 4.79 Å². The summed E-state index contributed by atoms with van der Waals surface area (Å²) in [7, 11) is 0. The van der Waals surface area contributed by atoms with Crippen molar-refractivity contribution in [2.45, 2.75) is 12.3 Å². The zero-order valence-electron chi connectivity index (χ0n) is 8.67. The largest absolute Gasteiger partial charge is 0.481 e. The minimum Gasteiger partial charge on any atom is -0.481 e. The Morgan fingerprint density at radius 1 is 1.53 bits per heavy atom. The molecule has 0 aliphatic heterocycles. The standard InChI is InChI=1S/C10H9BrN4O2/c11-7-3-1-2-6(4-7)8(5-9(16)17)10-12-14-15-13-10/h1-4,8H,5H2,(H,16,17)(H,12,13,14,15). The van der Waals surface area contributed by atoms with Crippen LogP contribution < -0.4 is 0 Å². The van der Waals surface area contributed by atoms with Crippen molar-refractivity contribution in [1.29, 1.82) is 0 Å². The molecule has 2 aromatic rings. The number of carbonyl (C=O) groups is 1. The normalized spacial score (nSPS) is 12.3. The number of nitrogens with one attached hydrogen (secondary N) is 1. The van der Waals surface area contributed by atoms with Crippen molar-refractivity contribution in [2.75, 3.05) is 0 Å². The number of aromatic amines is 1. The number of carboxylic acids is 1. The zero-order chi connectivity index (χ0) is 12.3. The molecule has 0 aliphatic rings. The van der Waals surface area contributed by atoms with Crippen LogP contribution in [0.4, 0.5) is 0 Å². The first-order chi connectivity index (χ1) is 8.16. The molecule has 88 valence electrons. The lowest BCUT2D eigenvalue weighted by Crippen LogP contribution is -2.09. The Labute approximate surface area is 105 Å². The number of halogens is 1. The Bertz CT molecular complexity index is 515. The van der Waals surface area contributed by atoms with E-state index in [0.717, 1.165) is 10.0 Å². The molecule has 1 atom stereocenters. The summed E-state index contributed by atoms with van der Waals surface area (Å²) in [6, 6.07) is 7.41. The Balaban J connectivity index is 2.36. The summed E-state index contributed by atoms with van der Waals surface area (Å²) in [5, 5.41) is 22.4. The molecular weight excluding hydrogens is 288 g/mol. The molecule has 1 unspecified atom stereocenters. The number of hydrogen-bond acceptors (Lipinski definition) is 4. The number of aromatic nitrogens is 4. The van der Waals surface area contributed by atoms with Crippen LogP contribution in [0.1, 0.15) is 23.7 Å². The molecule has 6 nitrogen and oxygen atoms in total. The number of nitrogens with zero attached hydrogens (tertiary/aromatic N) is 3. The van der Waals surface area contributed by atoms with Gasteiger partial charge in [0, 0.05) is 4.47 Å². The van der Waals surface area contributed by atoms with Crippen molar-refractivity contribution in [1.82, 2.24) is 20.6 Å². The van der Waals surface area contributed by atoms with E-state index < -0.39 is 11.9 Å². The molecule has 2 N–H and O–H groups in total. The molecule has 2 rings (SSSR count). The minimum absolute atomic E-state index is 0.0734. The fourth-order valence-corrected chi connectivity index (χ4v) is 1.99. The van der Waals surface area contributed by atoms with Crippen LogP contribution in [0.2, 0.25) is 0 Å². The quantitative estimate of drug-likeness (QED) is 0.893. The Morgan fingerprint density at radius 2 is 2.35 bits per heavy atom. The topological polar surface area (TPSA) is 91.8 Å². The third-order valence-electron chi connectivity index (χ3n) is 2.30. The van der Waals surface area contributed by atoms with Crippen molar-refractivity contribution in [3.63, 3.8) is 0 Å². The second kappa shape index (κ2) is 5.05. The van der Waals surface area contributed by atoms with Crippen LogP contribution in [-0.4, -0.2) is 31.7 Å². The lowest BCUT2D eigenvalue weighted by molar-refractivity contribution is -0.137. The second-order valence-corrected chi connectivity index (χ2v) is 4.39. The predicted octanol–water partition coefficient (Wildman–Crippen LogP) is 1.57. The number of aliphatic carboxylic acids is 1. The Hall–Kier alpha value is -1.76. The third-order valence-corrected chi connectivity index (χ3v) is 2.80. The van der Waals surface area contributed by atoms with Gasteiger partial charge in [0.2, 0.25) is 0 Å². The van der Waals surface area contributed by atoms with E-state index in [1.807, 2.05) is 24.3 Å². The molecule has 0 radical (unpaired) electrons. The van der Waals surface area contributed by atoms with E-state index in [2.05, 4.69) is 36.6 Å². The number of benzene rings is 1. The third kappa shape index (κ3) is 2.88. The highest BCUT2D eigenvalue weighted by atomic mass is 79.9. The molecule has 17 heavy (non-hydrogen) atoms. The summed E-state index contributed by atoms with van der Waals surface area (Å²) in [6.45, 7) is 0. The fraction of sp³-hybridized carbons (Fsp3) is 0.200. The lowest BCUT2D eigenvalue weighted by atomic mass is 9.95. The summed E-state index contributed by atoms with van der Waals surface area (Å²) in [5.74, 6) is -0.922. The number of carboxylic acid groups (broad SMARTS) is 1. The van der Waals surface area contributed by atoms with Gasteiger partial charge in [0.25, 0.3) is 0 Å². The van der Waals surface area contributed by atoms with Gasteiger partial charge in [-0.15, -0.1) is 10.2 Å². The van der Waals surface area contributed by atoms with E-state index in [9.17, 15) is 4.79 Å². The van der Waals surface area contributed by atoms with E-state index in [4.69, 9.17) is 5.11 Å². The van der Waals surface area contributed by atoms with Crippen molar-refractivity contribution < 1.29 is 9.90 Å². The molecule has 7 heteroatoms. The summed E-state index contributed by atoms with van der Waals surface area (Å²) in [5.41, 5.74) is 0.836. The molecular formula is C10H9BrN4O2. The van der Waals surface area contributed by atoms with Gasteiger partial charge in [-0.2, -0.15) is 5.21 Å². The van der Waals surface area contributed by atoms with E-state index in [0.29, 0.717) is 5.82 Å². The van der Waals surface area contributed by atoms with Gasteiger partial charge >= 0.3 is 5.97 Å². The first-order valence-electron chi connectivity index (χ1n) is 4.87. The summed E-state index contributed by atoms with van der Waals surface area (Å²) >= 11 is 3.35. The average Bonchev–Trinajstić information content (AvgIpc) is 2.79. The molecule has 1 aromatic heterocycles. The highest BCUT2D eigenvalue weighted by Gasteiger charge is 2.21. The minimum atomic E-state index is -0.903. The Morgan fingerprint density at radius 3 is 2.94 bits per heavy atom. The molecule has 1 heterocycles. The fourth-order valence-electron chi connectivity index (χ4n) is 1.57. The van der Waals surface area contributed by atoms with Crippen LogP contribution in [0.5, 0.6) is 0 Å². The van der Waals surface area contributed by atoms with Crippen molar-refractivity contribution in [3.05, 3.63) is 40.1 Å². The van der Waals surface area contributed by atoms with Crippen molar-refractivity contribution in [2.24, 2.45) is 0 Å². The second-order valence-electron chi connectivity index (χ2n) is 3.48. The van der Waals surface area contributed by atoms with Gasteiger partial charge in [0.05, 0.1) is 12.3 Å². The van der Waals surface area contributed by atoms with E-state index >= 15 is 0 Å². The van der Waals surface area contributed by atoms with Crippen LogP contribution in [0.25, 0.3) is 0 Å². The molecule has 0 amide bonds. The van der Waals surface area contributed by atoms with Crippen LogP contribution >= 0.6 is 15.9 Å². The van der Waals surface area contributed by atoms with Gasteiger partial charge in [0.1, 0.15) is 0 Å². The monoisotopic (exact) mass is 296 g/mol. The molecule has 0 saturated heterocycles. The van der Waals surface area contributed by atoms with Gasteiger partial charge in [-0.25, -0.2) is 0 Å². The van der Waals surface area contributed by atoms with Gasteiger partial charge < -0.3 is 5.11 Å². The first-order valence-corrected chi connectivity index (χ1v) is 5.66. The first kappa shape index (κ1) is 11.7. The number of tetrazole rings is 1. The highest BCUT2D eigenvalue weighted by molar-refractivity contribution is 9.10. The van der Waals surface area contributed by atoms with Crippen LogP contribution in [0.3, 0.4) is 0 Å². The maximum Gasteiger partial charge on any atom is 0.304 e. The smallest absolute Gasteiger partial charge is 0.304 e. The van der Waals surface area contributed by atoms with E-state index in [-0.39, 0.29) is 6.42 Å². The van der Waals surface area contributed by atoms with Crippen LogP contribution in [-0.2, 0) is 4.79 Å². The molecule has 1 aromatic carbocycles. The summed E-state index contributed by atoms with van der Waals surface area (Å²) in [6.07, 6.45) is -0.0734. The highest BCUT2D eigenvalue weighted by Crippen LogP contribution is 2.26. The maximum absolute atomic E-state index is 10.9. The number of H-pyrrole nitrogens is 1. The number of hydrogen-bond donors (Lipinski definition) is 2. The molecule has 0 saturated carbocycles. The van der Waals surface area contributed by atoms with Gasteiger partial charge in [-0.05, 0) is 17.7 Å². The van der Waals surface area contributed by atoms with Gasteiger partial charge in [0.15, 0.2) is 5.82 Å². The Kier molecular flexibility index (Phi) is 3.48. The SMILES string of the molecule is O=C(O)CC(c1cccc(Br)c1)c1nn[nH]n1. The molecule has 0 bridgehead atoms.